The van der Waals surface area contributed by atoms with Crippen molar-refractivity contribution >= 4 is 30.9 Å². The molecule has 4 rings (SSSR count). The van der Waals surface area contributed by atoms with Gasteiger partial charge in [-0.15, -0.1) is 23.2 Å². The summed E-state index contributed by atoms with van der Waals surface area (Å²) < 4.78 is 39.2. The predicted molar refractivity (Wildman–Crippen MR) is 132 cm³/mol. The molecule has 0 saturated heterocycles. The van der Waals surface area contributed by atoms with Crippen molar-refractivity contribution in [1.82, 2.24) is 9.57 Å². The van der Waals surface area contributed by atoms with Gasteiger partial charge in [-0.25, -0.2) is 9.24 Å². The van der Waals surface area contributed by atoms with Crippen molar-refractivity contribution in [3.63, 3.8) is 0 Å². The van der Waals surface area contributed by atoms with E-state index >= 15 is 0 Å². The van der Waals surface area contributed by atoms with Gasteiger partial charge in [0.1, 0.15) is 6.10 Å². The molecule has 1 aromatic carbocycles. The number of nitrogens with zero attached hydrogens (tertiary/aromatic N) is 2. The molecule has 34 heavy (non-hydrogen) atoms. The fourth-order valence-electron chi connectivity index (χ4n) is 5.20. The molecule has 4 atom stereocenters. The lowest BCUT2D eigenvalue weighted by atomic mass is 9.69. The maximum Gasteiger partial charge on any atom is 0.408 e. The highest BCUT2D eigenvalue weighted by molar-refractivity contribution is 7.51. The second kappa shape index (κ2) is 11.1. The molecule has 0 saturated carbocycles. The monoisotopic (exact) mass is 534 g/mol. The molecular weight excluding hydrogens is 502 g/mol. The molecule has 2 aliphatic heterocycles. The van der Waals surface area contributed by atoms with Gasteiger partial charge < -0.3 is 19.5 Å². The van der Waals surface area contributed by atoms with Crippen LogP contribution < -0.4 is 9.47 Å². The van der Waals surface area contributed by atoms with E-state index in [-0.39, 0.29) is 49.6 Å². The van der Waals surface area contributed by atoms with E-state index in [4.69, 9.17) is 41.7 Å². The van der Waals surface area contributed by atoms with Gasteiger partial charge in [0.25, 0.3) is 0 Å². The molecule has 1 aliphatic carbocycles. The van der Waals surface area contributed by atoms with Crippen LogP contribution in [0.25, 0.3) is 0 Å². The molecule has 3 aliphatic rings. The summed E-state index contributed by atoms with van der Waals surface area (Å²) in [6.45, 7) is 1.95. The lowest BCUT2D eigenvalue weighted by molar-refractivity contribution is 0.0657. The molecule has 8 nitrogen and oxygen atoms in total. The van der Waals surface area contributed by atoms with Gasteiger partial charge in [-0.05, 0) is 31.6 Å². The van der Waals surface area contributed by atoms with Crippen LogP contribution >= 0.6 is 30.9 Å². The molecule has 190 valence electrons. The molecule has 11 heteroatoms. The lowest BCUT2D eigenvalue weighted by Gasteiger charge is -2.38. The smallest absolute Gasteiger partial charge is 0.408 e. The molecule has 1 N–H and O–H groups in total. The van der Waals surface area contributed by atoms with Crippen LogP contribution in [0.15, 0.2) is 24.3 Å². The normalized spacial score (nSPS) is 27.6. The fraction of sp³-hybridized carbons (Fsp3) is 0.652. The van der Waals surface area contributed by atoms with Gasteiger partial charge in [-0.2, -0.15) is 0 Å². The molecule has 1 unspecified atom stereocenters. The number of ether oxygens (including phenoxy) is 2. The van der Waals surface area contributed by atoms with E-state index < -0.39 is 13.9 Å². The Kier molecular flexibility index (Phi) is 8.53. The first-order valence-corrected chi connectivity index (χ1v) is 14.1. The fourth-order valence-corrected chi connectivity index (χ4v) is 7.70. The van der Waals surface area contributed by atoms with Gasteiger partial charge in [0.15, 0.2) is 11.5 Å². The zero-order chi connectivity index (χ0) is 24.3. The number of rotatable bonds is 11. The summed E-state index contributed by atoms with van der Waals surface area (Å²) >= 11 is 11.9. The molecule has 1 spiro atoms. The van der Waals surface area contributed by atoms with E-state index in [0.717, 1.165) is 31.0 Å². The van der Waals surface area contributed by atoms with Gasteiger partial charge >= 0.3 is 7.75 Å². The first kappa shape index (κ1) is 26.2. The molecule has 0 bridgehead atoms. The zero-order valence-electron chi connectivity index (χ0n) is 19.6. The van der Waals surface area contributed by atoms with Crippen molar-refractivity contribution in [2.45, 2.75) is 37.0 Å². The standard InChI is InChI=1S/C23H33Cl2N2O6P/c1-26-10-7-23-6-5-18(33-34(29,31-14-13-28)27(11-8-24)12-9-25)15-20(23)32-22-19(30-2)4-3-17(16-26)21(22)23/h3-6,18,20,28H,7-16H2,1-2H3/t18-,20-,23-,34?/m0/s1. The molecular formula is C23H33Cl2N2O6P. The Hall–Kier alpha value is -0.830. The van der Waals surface area contributed by atoms with Crippen molar-refractivity contribution in [3.05, 3.63) is 35.4 Å². The third kappa shape index (κ3) is 4.89. The Morgan fingerprint density at radius 1 is 1.32 bits per heavy atom. The number of hydrogen-bond acceptors (Lipinski definition) is 7. The molecule has 0 fully saturated rings. The number of benzene rings is 1. The predicted octanol–water partition coefficient (Wildman–Crippen LogP) is 3.77. The Morgan fingerprint density at radius 2 is 2.09 bits per heavy atom. The summed E-state index contributed by atoms with van der Waals surface area (Å²) in [6, 6.07) is 4.08. The Bertz CT molecular complexity index is 944. The number of aliphatic hydroxyl groups is 1. The third-order valence-electron chi connectivity index (χ3n) is 6.78. The minimum Gasteiger partial charge on any atom is -0.493 e. The largest absolute Gasteiger partial charge is 0.493 e. The first-order valence-electron chi connectivity index (χ1n) is 11.6. The van der Waals surface area contributed by atoms with Gasteiger partial charge in [-0.1, -0.05) is 18.2 Å². The minimum absolute atomic E-state index is 0.114. The van der Waals surface area contributed by atoms with E-state index in [9.17, 15) is 9.67 Å². The summed E-state index contributed by atoms with van der Waals surface area (Å²) in [6.07, 6.45) is 4.83. The van der Waals surface area contributed by atoms with Crippen LogP contribution in [0.3, 0.4) is 0 Å². The molecule has 0 amide bonds. The summed E-state index contributed by atoms with van der Waals surface area (Å²) in [4.78, 5) is 2.32. The minimum atomic E-state index is -3.75. The molecule has 0 radical (unpaired) electrons. The second-order valence-corrected chi connectivity index (χ2v) is 11.6. The van der Waals surface area contributed by atoms with Crippen LogP contribution in [0.2, 0.25) is 0 Å². The van der Waals surface area contributed by atoms with Gasteiger partial charge in [0.2, 0.25) is 0 Å². The number of hydrogen-bond donors (Lipinski definition) is 1. The number of alkyl halides is 2. The van der Waals surface area contributed by atoms with Crippen molar-refractivity contribution in [2.75, 3.05) is 58.8 Å². The average molecular weight is 535 g/mol. The molecule has 2 heterocycles. The SMILES string of the molecule is COc1ccc2c3c1O[C@H]1C[C@@H](OP(=O)(OCCO)N(CCCl)CCCl)C=C[C@@]31CCN(C)C2. The van der Waals surface area contributed by atoms with E-state index in [2.05, 4.69) is 24.1 Å². The maximum atomic E-state index is 13.8. The number of halogens is 2. The molecule has 1 aromatic rings. The summed E-state index contributed by atoms with van der Waals surface area (Å²) in [5.41, 5.74) is 2.11. The van der Waals surface area contributed by atoms with Crippen LogP contribution in [0.1, 0.15) is 24.0 Å². The second-order valence-electron chi connectivity index (χ2n) is 8.86. The van der Waals surface area contributed by atoms with E-state index in [1.165, 1.54) is 15.8 Å². The van der Waals surface area contributed by atoms with Crippen molar-refractivity contribution in [1.29, 1.82) is 0 Å². The lowest BCUT2D eigenvalue weighted by Crippen LogP contribution is -2.43. The van der Waals surface area contributed by atoms with E-state index in [0.29, 0.717) is 6.42 Å². The van der Waals surface area contributed by atoms with Crippen LogP contribution in [-0.2, 0) is 25.6 Å². The van der Waals surface area contributed by atoms with Gasteiger partial charge in [0, 0.05) is 43.4 Å². The summed E-state index contributed by atoms with van der Waals surface area (Å²) in [5.74, 6) is 1.99. The van der Waals surface area contributed by atoms with Gasteiger partial charge in [0.05, 0.1) is 31.8 Å². The van der Waals surface area contributed by atoms with Crippen molar-refractivity contribution in [3.8, 4) is 11.5 Å². The van der Waals surface area contributed by atoms with Crippen LogP contribution in [0.5, 0.6) is 11.5 Å². The Balaban J connectivity index is 1.65. The van der Waals surface area contributed by atoms with E-state index in [1.807, 2.05) is 12.1 Å². The highest BCUT2D eigenvalue weighted by Crippen LogP contribution is 2.58. The summed E-state index contributed by atoms with van der Waals surface area (Å²) in [5, 5.41) is 9.27. The molecule has 0 aromatic heterocycles. The van der Waals surface area contributed by atoms with Crippen molar-refractivity contribution in [2.24, 2.45) is 0 Å². The highest BCUT2D eigenvalue weighted by Gasteiger charge is 2.53. The first-order chi connectivity index (χ1) is 16.4. The topological polar surface area (TPSA) is 80.7 Å². The maximum absolute atomic E-state index is 13.8. The third-order valence-corrected chi connectivity index (χ3v) is 9.25. The van der Waals surface area contributed by atoms with Crippen LogP contribution in [0, 0.1) is 0 Å². The van der Waals surface area contributed by atoms with Crippen LogP contribution in [0.4, 0.5) is 0 Å². The number of aliphatic hydroxyl groups excluding tert-OH is 1. The van der Waals surface area contributed by atoms with Crippen LogP contribution in [-0.4, -0.2) is 85.7 Å². The Morgan fingerprint density at radius 3 is 2.76 bits per heavy atom. The van der Waals surface area contributed by atoms with E-state index in [1.54, 1.807) is 7.11 Å². The summed E-state index contributed by atoms with van der Waals surface area (Å²) in [7, 11) is 0.0228. The van der Waals surface area contributed by atoms with Gasteiger partial charge in [-0.3, -0.25) is 9.05 Å². The zero-order valence-corrected chi connectivity index (χ0v) is 22.0. The highest BCUT2D eigenvalue weighted by atomic mass is 35.5. The van der Waals surface area contributed by atoms with Crippen molar-refractivity contribution < 1.29 is 28.2 Å². The quantitative estimate of drug-likeness (QED) is 0.261. The number of methoxy groups -OCH3 is 1. The Labute approximate surface area is 211 Å². The average Bonchev–Trinajstić information content (AvgIpc) is 3.08.